The van der Waals surface area contributed by atoms with Gasteiger partial charge in [-0.1, -0.05) is 12.1 Å². The lowest BCUT2D eigenvalue weighted by molar-refractivity contribution is 0.625. The quantitative estimate of drug-likeness (QED) is 0.677. The predicted molar refractivity (Wildman–Crippen MR) is 84.9 cm³/mol. The van der Waals surface area contributed by atoms with Crippen LogP contribution in [0.3, 0.4) is 0 Å². The molecule has 1 aliphatic rings. The summed E-state index contributed by atoms with van der Waals surface area (Å²) in [5.74, 6) is 0.138. The van der Waals surface area contributed by atoms with E-state index in [2.05, 4.69) is 9.97 Å². The third-order valence-electron chi connectivity index (χ3n) is 3.54. The first-order valence-electron chi connectivity index (χ1n) is 6.98. The van der Waals surface area contributed by atoms with Crippen molar-refractivity contribution < 1.29 is 8.78 Å². The van der Waals surface area contributed by atoms with Crippen LogP contribution in [0.15, 0.2) is 60.9 Å². The second-order valence-corrected chi connectivity index (χ2v) is 5.01. The van der Waals surface area contributed by atoms with E-state index >= 15 is 0 Å². The molecule has 0 unspecified atom stereocenters. The maximum atomic E-state index is 13.5. The van der Waals surface area contributed by atoms with E-state index < -0.39 is 0 Å². The van der Waals surface area contributed by atoms with E-state index in [1.54, 1.807) is 17.2 Å². The summed E-state index contributed by atoms with van der Waals surface area (Å²) >= 11 is 0. The van der Waals surface area contributed by atoms with E-state index in [0.29, 0.717) is 11.6 Å². The zero-order valence-corrected chi connectivity index (χ0v) is 11.9. The zero-order chi connectivity index (χ0) is 15.8. The first-order chi connectivity index (χ1) is 11.2. The second kappa shape index (κ2) is 5.35. The van der Waals surface area contributed by atoms with Gasteiger partial charge in [-0.05, 0) is 24.3 Å². The molecular weight excluding hydrogens is 297 g/mol. The average Bonchev–Trinajstić information content (AvgIpc) is 2.95. The van der Waals surface area contributed by atoms with Crippen LogP contribution in [0.4, 0.5) is 31.8 Å². The van der Waals surface area contributed by atoms with E-state index in [1.165, 1.54) is 36.7 Å². The lowest BCUT2D eigenvalue weighted by Crippen LogP contribution is -2.29. The van der Waals surface area contributed by atoms with Gasteiger partial charge in [-0.3, -0.25) is 0 Å². The van der Waals surface area contributed by atoms with Crippen molar-refractivity contribution in [3.05, 3.63) is 72.6 Å². The van der Waals surface area contributed by atoms with Crippen LogP contribution >= 0.6 is 0 Å². The molecule has 0 fully saturated rings. The molecule has 23 heavy (non-hydrogen) atoms. The highest BCUT2D eigenvalue weighted by atomic mass is 19.1. The summed E-state index contributed by atoms with van der Waals surface area (Å²) in [4.78, 5) is 11.9. The molecule has 0 aliphatic carbocycles. The molecule has 0 saturated carbocycles. The Hall–Kier alpha value is -2.96. The van der Waals surface area contributed by atoms with Gasteiger partial charge in [0.2, 0.25) is 0 Å². The monoisotopic (exact) mass is 307 g/mol. The predicted octanol–water partition coefficient (Wildman–Crippen LogP) is 3.58. The van der Waals surface area contributed by atoms with Crippen LogP contribution in [0.5, 0.6) is 0 Å². The average molecular weight is 307 g/mol. The number of nitrogens with zero attached hydrogens (tertiary/aromatic N) is 4. The summed E-state index contributed by atoms with van der Waals surface area (Å²) < 4.78 is 27.0. The van der Waals surface area contributed by atoms with Gasteiger partial charge in [0, 0.05) is 24.5 Å². The molecule has 111 valence electrons. The Balaban J connectivity index is 1.80. The maximum Gasteiger partial charge on any atom is 0.403 e. The fourth-order valence-electron chi connectivity index (χ4n) is 2.53. The molecule has 0 amide bonds. The summed E-state index contributed by atoms with van der Waals surface area (Å²) in [5.41, 5.74) is 1.63. The molecule has 3 heterocycles. The Labute approximate surface area is 132 Å². The molecule has 7 heteroatoms. The van der Waals surface area contributed by atoms with Gasteiger partial charge >= 0.3 is 7.55 Å². The van der Waals surface area contributed by atoms with E-state index in [1.807, 2.05) is 24.3 Å². The number of hydrogen-bond acceptors (Lipinski definition) is 4. The SMILES string of the molecule is Fc1ccnc(N2[B]N(c3cc(F)ccn3)c3ccccc32)c1. The molecule has 2 aromatic heterocycles. The maximum absolute atomic E-state index is 13.5. The highest BCUT2D eigenvalue weighted by Gasteiger charge is 2.31. The highest BCUT2D eigenvalue weighted by Crippen LogP contribution is 2.41. The minimum atomic E-state index is -0.372. The Morgan fingerprint density at radius 1 is 0.739 bits per heavy atom. The number of halogens is 2. The molecule has 0 bridgehead atoms. The Morgan fingerprint density at radius 2 is 1.22 bits per heavy atom. The van der Waals surface area contributed by atoms with Gasteiger partial charge in [0.25, 0.3) is 0 Å². The molecule has 4 nitrogen and oxygen atoms in total. The lowest BCUT2D eigenvalue weighted by Gasteiger charge is -2.18. The molecule has 0 N–H and O–H groups in total. The van der Waals surface area contributed by atoms with Crippen molar-refractivity contribution in [2.24, 2.45) is 0 Å². The van der Waals surface area contributed by atoms with Crippen molar-refractivity contribution in [2.75, 3.05) is 9.62 Å². The molecule has 4 rings (SSSR count). The van der Waals surface area contributed by atoms with Gasteiger partial charge in [0.1, 0.15) is 23.3 Å². The molecule has 1 aromatic carbocycles. The van der Waals surface area contributed by atoms with E-state index in [0.717, 1.165) is 11.4 Å². The molecule has 3 aromatic rings. The molecule has 0 atom stereocenters. The third kappa shape index (κ3) is 2.40. The summed E-state index contributed by atoms with van der Waals surface area (Å²) in [6.45, 7) is 0. The minimum Gasteiger partial charge on any atom is -0.351 e. The third-order valence-corrected chi connectivity index (χ3v) is 3.54. The zero-order valence-electron chi connectivity index (χ0n) is 11.9. The van der Waals surface area contributed by atoms with E-state index in [4.69, 9.17) is 0 Å². The van der Waals surface area contributed by atoms with Crippen LogP contribution in [0.2, 0.25) is 0 Å². The van der Waals surface area contributed by atoms with E-state index in [9.17, 15) is 8.78 Å². The van der Waals surface area contributed by atoms with Crippen molar-refractivity contribution in [3.63, 3.8) is 0 Å². The number of pyridine rings is 2. The van der Waals surface area contributed by atoms with Crippen LogP contribution in [0.1, 0.15) is 0 Å². The summed E-state index contributed by atoms with van der Waals surface area (Å²) in [7, 11) is 1.72. The van der Waals surface area contributed by atoms with Gasteiger partial charge in [-0.15, -0.1) is 0 Å². The van der Waals surface area contributed by atoms with Crippen molar-refractivity contribution in [3.8, 4) is 0 Å². The topological polar surface area (TPSA) is 32.3 Å². The number of aromatic nitrogens is 2. The molecule has 1 aliphatic heterocycles. The highest BCUT2D eigenvalue weighted by molar-refractivity contribution is 6.54. The normalized spacial score (nSPS) is 13.0. The van der Waals surface area contributed by atoms with Crippen molar-refractivity contribution in [2.45, 2.75) is 0 Å². The number of fused-ring (bicyclic) bond motifs is 1. The van der Waals surface area contributed by atoms with Gasteiger partial charge in [-0.2, -0.15) is 0 Å². The van der Waals surface area contributed by atoms with Crippen LogP contribution < -0.4 is 9.62 Å². The summed E-state index contributed by atoms with van der Waals surface area (Å²) in [6.07, 6.45) is 2.81. The first kappa shape index (κ1) is 13.7. The summed E-state index contributed by atoms with van der Waals surface area (Å²) in [6, 6.07) is 12.8. The minimum absolute atomic E-state index is 0.372. The molecular formula is C16H10BF2N4. The molecule has 1 radical (unpaired) electrons. The van der Waals surface area contributed by atoms with Crippen molar-refractivity contribution >= 4 is 30.6 Å². The Morgan fingerprint density at radius 3 is 1.65 bits per heavy atom. The van der Waals surface area contributed by atoms with Crippen molar-refractivity contribution in [1.82, 2.24) is 9.97 Å². The van der Waals surface area contributed by atoms with Crippen LogP contribution in [0, 0.1) is 11.6 Å². The van der Waals surface area contributed by atoms with Crippen LogP contribution in [0.25, 0.3) is 0 Å². The lowest BCUT2D eigenvalue weighted by atomic mass is 10.1. The van der Waals surface area contributed by atoms with Gasteiger partial charge in [0.05, 0.1) is 11.4 Å². The van der Waals surface area contributed by atoms with Gasteiger partial charge in [0.15, 0.2) is 0 Å². The van der Waals surface area contributed by atoms with Crippen molar-refractivity contribution in [1.29, 1.82) is 0 Å². The van der Waals surface area contributed by atoms with Gasteiger partial charge < -0.3 is 9.62 Å². The fourth-order valence-corrected chi connectivity index (χ4v) is 2.53. The number of rotatable bonds is 2. The Kier molecular flexibility index (Phi) is 3.18. The standard InChI is InChI=1S/C16H10BF2N4/c18-11-5-7-20-15(9-11)22-13-3-1-2-4-14(13)23(17-22)16-10-12(19)6-8-21-16/h1-10H. The van der Waals surface area contributed by atoms with Crippen LogP contribution in [-0.2, 0) is 0 Å². The van der Waals surface area contributed by atoms with Crippen LogP contribution in [-0.4, -0.2) is 17.5 Å². The number of benzene rings is 1. The number of para-hydroxylation sites is 2. The fraction of sp³-hybridized carbons (Fsp3) is 0. The molecule has 0 spiro atoms. The smallest absolute Gasteiger partial charge is 0.351 e. The van der Waals surface area contributed by atoms with E-state index in [-0.39, 0.29) is 11.6 Å². The first-order valence-corrected chi connectivity index (χ1v) is 6.98. The molecule has 0 saturated heterocycles. The number of anilines is 4. The Bertz CT molecular complexity index is 803. The van der Waals surface area contributed by atoms with Gasteiger partial charge in [-0.25, -0.2) is 18.7 Å². The number of hydrogen-bond donors (Lipinski definition) is 0. The summed E-state index contributed by atoms with van der Waals surface area (Å²) in [5, 5.41) is 0. The largest absolute Gasteiger partial charge is 0.403 e. The second-order valence-electron chi connectivity index (χ2n) is 5.01.